The molecule has 6 nitrogen and oxygen atoms in total. The van der Waals surface area contributed by atoms with Crippen molar-refractivity contribution in [1.29, 1.82) is 0 Å². The second-order valence-corrected chi connectivity index (χ2v) is 6.29. The molecule has 2 fully saturated rings. The lowest BCUT2D eigenvalue weighted by molar-refractivity contribution is -0.149. The predicted molar refractivity (Wildman–Crippen MR) is 77.9 cm³/mol. The van der Waals surface area contributed by atoms with Crippen LogP contribution in [-0.2, 0) is 14.3 Å². The van der Waals surface area contributed by atoms with E-state index in [1.807, 2.05) is 11.8 Å². The van der Waals surface area contributed by atoms with Gasteiger partial charge in [0.15, 0.2) is 0 Å². The number of carbonyl (C=O) groups excluding carboxylic acids is 1. The average molecular weight is 298 g/mol. The first-order valence-corrected chi connectivity index (χ1v) is 7.75. The zero-order valence-corrected chi connectivity index (χ0v) is 12.9. The molecule has 0 aromatic rings. The Kier molecular flexibility index (Phi) is 5.22. The number of amides is 1. The van der Waals surface area contributed by atoms with Gasteiger partial charge in [-0.05, 0) is 32.1 Å². The molecule has 2 rings (SSSR count). The number of aliphatic carboxylic acids is 1. The first-order valence-electron chi connectivity index (χ1n) is 7.75. The van der Waals surface area contributed by atoms with Gasteiger partial charge in [0.2, 0.25) is 5.91 Å². The Morgan fingerprint density at radius 2 is 2.29 bits per heavy atom. The number of hydrogen-bond acceptors (Lipinski definition) is 4. The topological polar surface area (TPSA) is 78.9 Å². The number of methoxy groups -OCH3 is 1. The van der Waals surface area contributed by atoms with Gasteiger partial charge < -0.3 is 15.2 Å². The molecule has 0 aromatic heterocycles. The van der Waals surface area contributed by atoms with Crippen LogP contribution in [0.1, 0.15) is 32.6 Å². The Hall–Kier alpha value is -1.14. The van der Waals surface area contributed by atoms with E-state index in [1.165, 1.54) is 0 Å². The van der Waals surface area contributed by atoms with Crippen LogP contribution in [-0.4, -0.2) is 61.3 Å². The lowest BCUT2D eigenvalue weighted by atomic mass is 9.81. The number of nitrogens with one attached hydrogen (secondary N) is 1. The first kappa shape index (κ1) is 16.2. The largest absolute Gasteiger partial charge is 0.481 e. The van der Waals surface area contributed by atoms with Gasteiger partial charge in [-0.1, -0.05) is 6.42 Å². The van der Waals surface area contributed by atoms with E-state index >= 15 is 0 Å². The second-order valence-electron chi connectivity index (χ2n) is 6.29. The number of hydrogen-bond donors (Lipinski definition) is 2. The van der Waals surface area contributed by atoms with Gasteiger partial charge in [-0.25, -0.2) is 0 Å². The number of likely N-dealkylation sites (tertiary alicyclic amines) is 1. The summed E-state index contributed by atoms with van der Waals surface area (Å²) in [6, 6.07) is -0.269. The Bertz CT molecular complexity index is 401. The molecule has 2 N–H and O–H groups in total. The van der Waals surface area contributed by atoms with E-state index in [1.54, 1.807) is 7.11 Å². The van der Waals surface area contributed by atoms with E-state index in [-0.39, 0.29) is 17.9 Å². The Morgan fingerprint density at radius 3 is 2.90 bits per heavy atom. The fourth-order valence-electron chi connectivity index (χ4n) is 3.71. The van der Waals surface area contributed by atoms with Crippen molar-refractivity contribution in [2.24, 2.45) is 11.3 Å². The predicted octanol–water partition coefficient (Wildman–Crippen LogP) is 0.714. The van der Waals surface area contributed by atoms with Gasteiger partial charge in [0.05, 0.1) is 11.5 Å². The third-order valence-electron chi connectivity index (χ3n) is 5.07. The van der Waals surface area contributed by atoms with Gasteiger partial charge in [-0.2, -0.15) is 0 Å². The molecular weight excluding hydrogens is 272 g/mol. The highest BCUT2D eigenvalue weighted by Gasteiger charge is 2.55. The molecule has 0 radical (unpaired) electrons. The highest BCUT2D eigenvalue weighted by Crippen LogP contribution is 2.49. The number of rotatable bonds is 7. The van der Waals surface area contributed by atoms with E-state index in [2.05, 4.69) is 5.32 Å². The van der Waals surface area contributed by atoms with Crippen LogP contribution in [0.3, 0.4) is 0 Å². The summed E-state index contributed by atoms with van der Waals surface area (Å²) in [5.74, 6) is -0.523. The zero-order chi connectivity index (χ0) is 15.5. The zero-order valence-electron chi connectivity index (χ0n) is 12.9. The lowest BCUT2D eigenvalue weighted by Crippen LogP contribution is -2.46. The van der Waals surface area contributed by atoms with Crippen LogP contribution in [0, 0.1) is 11.3 Å². The summed E-state index contributed by atoms with van der Waals surface area (Å²) in [5, 5.41) is 12.5. The van der Waals surface area contributed by atoms with Crippen molar-refractivity contribution in [3.8, 4) is 0 Å². The standard InChI is InChI=1S/C15H26N2O4/c1-11(13(18)16-7-4-8-21-2)17-9-12-5-3-6-15(12,10-17)14(19)20/h11-12H,3-10H2,1-2H3,(H,16,18)(H,19,20)/t11?,12-,15+/m0/s1. The van der Waals surface area contributed by atoms with Crippen molar-refractivity contribution in [3.05, 3.63) is 0 Å². The molecule has 0 spiro atoms. The molecule has 1 amide bonds. The summed E-state index contributed by atoms with van der Waals surface area (Å²) in [5.41, 5.74) is -0.620. The quantitative estimate of drug-likeness (QED) is 0.677. The monoisotopic (exact) mass is 298 g/mol. The van der Waals surface area contributed by atoms with Crippen molar-refractivity contribution in [2.45, 2.75) is 38.6 Å². The molecular formula is C15H26N2O4. The molecule has 1 unspecified atom stereocenters. The molecule has 21 heavy (non-hydrogen) atoms. The van der Waals surface area contributed by atoms with Gasteiger partial charge in [0.25, 0.3) is 0 Å². The lowest BCUT2D eigenvalue weighted by Gasteiger charge is -2.26. The number of fused-ring (bicyclic) bond motifs is 1. The molecule has 0 aromatic carbocycles. The van der Waals surface area contributed by atoms with Gasteiger partial charge in [0.1, 0.15) is 0 Å². The fourth-order valence-corrected chi connectivity index (χ4v) is 3.71. The van der Waals surface area contributed by atoms with Crippen LogP contribution in [0.2, 0.25) is 0 Å². The normalized spacial score (nSPS) is 30.1. The van der Waals surface area contributed by atoms with Crippen LogP contribution < -0.4 is 5.32 Å². The van der Waals surface area contributed by atoms with Crippen LogP contribution >= 0.6 is 0 Å². The third kappa shape index (κ3) is 3.21. The van der Waals surface area contributed by atoms with Gasteiger partial charge in [-0.15, -0.1) is 0 Å². The number of carbonyl (C=O) groups is 2. The molecule has 2 aliphatic rings. The van der Waals surface area contributed by atoms with E-state index in [0.29, 0.717) is 19.7 Å². The van der Waals surface area contributed by atoms with E-state index in [4.69, 9.17) is 4.74 Å². The van der Waals surface area contributed by atoms with Crippen molar-refractivity contribution < 1.29 is 19.4 Å². The number of carboxylic acid groups (broad SMARTS) is 1. The van der Waals surface area contributed by atoms with Crippen molar-refractivity contribution in [3.63, 3.8) is 0 Å². The molecule has 1 saturated heterocycles. The summed E-state index contributed by atoms with van der Waals surface area (Å²) in [6.45, 7) is 4.31. The molecule has 120 valence electrons. The van der Waals surface area contributed by atoms with Gasteiger partial charge in [0, 0.05) is 33.4 Å². The van der Waals surface area contributed by atoms with E-state index in [9.17, 15) is 14.7 Å². The van der Waals surface area contributed by atoms with E-state index in [0.717, 1.165) is 32.2 Å². The third-order valence-corrected chi connectivity index (χ3v) is 5.07. The van der Waals surface area contributed by atoms with Crippen LogP contribution in [0.25, 0.3) is 0 Å². The molecule has 1 heterocycles. The van der Waals surface area contributed by atoms with Crippen molar-refractivity contribution in [1.82, 2.24) is 10.2 Å². The fraction of sp³-hybridized carbons (Fsp3) is 0.867. The summed E-state index contributed by atoms with van der Waals surface area (Å²) >= 11 is 0. The minimum atomic E-state index is -0.694. The Morgan fingerprint density at radius 1 is 1.52 bits per heavy atom. The van der Waals surface area contributed by atoms with Crippen molar-refractivity contribution in [2.75, 3.05) is 33.4 Å². The van der Waals surface area contributed by atoms with Crippen molar-refractivity contribution >= 4 is 11.9 Å². The maximum Gasteiger partial charge on any atom is 0.311 e. The molecule has 1 aliphatic heterocycles. The first-order chi connectivity index (χ1) is 10.0. The molecule has 1 saturated carbocycles. The second kappa shape index (κ2) is 6.75. The van der Waals surface area contributed by atoms with Crippen LogP contribution in [0.15, 0.2) is 0 Å². The smallest absolute Gasteiger partial charge is 0.311 e. The maximum absolute atomic E-state index is 12.1. The average Bonchev–Trinajstić information content (AvgIpc) is 3.00. The maximum atomic E-state index is 12.1. The van der Waals surface area contributed by atoms with E-state index < -0.39 is 11.4 Å². The minimum Gasteiger partial charge on any atom is -0.481 e. The van der Waals surface area contributed by atoms with Crippen LogP contribution in [0.4, 0.5) is 0 Å². The number of ether oxygens (including phenoxy) is 1. The number of carboxylic acids is 1. The summed E-state index contributed by atoms with van der Waals surface area (Å²) in [4.78, 5) is 25.8. The van der Waals surface area contributed by atoms with Gasteiger partial charge >= 0.3 is 5.97 Å². The number of nitrogens with zero attached hydrogens (tertiary/aromatic N) is 1. The van der Waals surface area contributed by atoms with Crippen LogP contribution in [0.5, 0.6) is 0 Å². The SMILES string of the molecule is COCCCNC(=O)C(C)N1C[C@@H]2CCC[C@@]2(C(=O)O)C1. The molecule has 1 aliphatic carbocycles. The highest BCUT2D eigenvalue weighted by atomic mass is 16.5. The summed E-state index contributed by atoms with van der Waals surface area (Å²) < 4.78 is 4.95. The summed E-state index contributed by atoms with van der Waals surface area (Å²) in [7, 11) is 1.64. The molecule has 6 heteroatoms. The molecule has 0 bridgehead atoms. The Balaban J connectivity index is 1.88. The van der Waals surface area contributed by atoms with Gasteiger partial charge in [-0.3, -0.25) is 14.5 Å². The Labute approximate surface area is 125 Å². The minimum absolute atomic E-state index is 0.0217. The highest BCUT2D eigenvalue weighted by molar-refractivity contribution is 5.82. The molecule has 3 atom stereocenters. The summed E-state index contributed by atoms with van der Waals surface area (Å²) in [6.07, 6.45) is 3.48.